The number of aromatic amines is 1. The van der Waals surface area contributed by atoms with Crippen LogP contribution in [0.1, 0.15) is 37.2 Å². The summed E-state index contributed by atoms with van der Waals surface area (Å²) in [6.45, 7) is 3.91. The number of hydrogen-bond acceptors (Lipinski definition) is 6. The predicted molar refractivity (Wildman–Crippen MR) is 119 cm³/mol. The van der Waals surface area contributed by atoms with Crippen molar-refractivity contribution in [3.8, 4) is 0 Å². The van der Waals surface area contributed by atoms with Gasteiger partial charge in [0, 0.05) is 18.7 Å². The van der Waals surface area contributed by atoms with Crippen LogP contribution in [0, 0.1) is 5.92 Å². The van der Waals surface area contributed by atoms with E-state index in [9.17, 15) is 19.2 Å². The van der Waals surface area contributed by atoms with E-state index in [4.69, 9.17) is 4.74 Å². The molecule has 0 radical (unpaired) electrons. The Morgan fingerprint density at radius 3 is 2.70 bits per heavy atom. The van der Waals surface area contributed by atoms with E-state index in [2.05, 4.69) is 26.1 Å². The normalized spacial score (nSPS) is 17.5. The number of benzene rings is 1. The first-order valence-electron chi connectivity index (χ1n) is 11.0. The molecule has 0 aliphatic carbocycles. The molecule has 0 saturated heterocycles. The molecule has 2 aromatic rings. The van der Waals surface area contributed by atoms with Gasteiger partial charge in [-0.05, 0) is 30.4 Å². The molecule has 1 aliphatic rings. The van der Waals surface area contributed by atoms with Crippen molar-refractivity contribution in [1.29, 1.82) is 0 Å². The molecule has 4 N–H and O–H groups in total. The number of Topliss-reactive ketones (excluding diaryl/α,β-unsaturated/α-hetero) is 1. The number of hydrogen-bond donors (Lipinski definition) is 4. The molecule has 0 spiro atoms. The van der Waals surface area contributed by atoms with Crippen LogP contribution in [-0.4, -0.2) is 52.5 Å². The van der Waals surface area contributed by atoms with Gasteiger partial charge in [-0.1, -0.05) is 44.2 Å². The first kappa shape index (κ1) is 24.0. The van der Waals surface area contributed by atoms with Gasteiger partial charge in [0.15, 0.2) is 0 Å². The topological polar surface area (TPSA) is 142 Å². The van der Waals surface area contributed by atoms with Crippen molar-refractivity contribution in [2.75, 3.05) is 6.54 Å². The third-order valence-electron chi connectivity index (χ3n) is 5.30. The van der Waals surface area contributed by atoms with Gasteiger partial charge >= 0.3 is 6.09 Å². The highest BCUT2D eigenvalue weighted by Gasteiger charge is 2.32. The van der Waals surface area contributed by atoms with Crippen molar-refractivity contribution < 1.29 is 23.9 Å². The van der Waals surface area contributed by atoms with Gasteiger partial charge in [-0.3, -0.25) is 19.5 Å². The van der Waals surface area contributed by atoms with Crippen LogP contribution in [0.3, 0.4) is 0 Å². The maximum absolute atomic E-state index is 13.0. The van der Waals surface area contributed by atoms with Crippen LogP contribution in [0.15, 0.2) is 36.4 Å². The molecular weight excluding hydrogens is 426 g/mol. The quantitative estimate of drug-likeness (QED) is 0.479. The monoisotopic (exact) mass is 455 g/mol. The summed E-state index contributed by atoms with van der Waals surface area (Å²) in [5.41, 5.74) is 2.27. The van der Waals surface area contributed by atoms with Gasteiger partial charge < -0.3 is 20.7 Å². The fourth-order valence-electron chi connectivity index (χ4n) is 3.48. The number of fused-ring (bicyclic) bond motifs is 2. The average molecular weight is 456 g/mol. The van der Waals surface area contributed by atoms with E-state index in [0.717, 1.165) is 11.3 Å². The number of ketones is 1. The standard InChI is InChI=1S/C23H29N5O5/c1-14(2)19(26-23(32)33-13-15-7-4-3-5-8-15)21(30)25-18-12-17-11-16(27-28-17)9-6-10-24-22(31)20(18)29/h3-5,7-8,11,14,18-19H,6,9-10,12-13H2,1-2H3,(H,24,31)(H,25,30)(H,26,32)(H,27,28). The third kappa shape index (κ3) is 6.90. The van der Waals surface area contributed by atoms with Crippen LogP contribution in [-0.2, 0) is 38.6 Å². The van der Waals surface area contributed by atoms with Gasteiger partial charge in [0.25, 0.3) is 5.91 Å². The van der Waals surface area contributed by atoms with E-state index >= 15 is 0 Å². The summed E-state index contributed by atoms with van der Waals surface area (Å²) in [7, 11) is 0. The zero-order valence-corrected chi connectivity index (χ0v) is 18.7. The van der Waals surface area contributed by atoms with Crippen LogP contribution in [0.5, 0.6) is 0 Å². The highest BCUT2D eigenvalue weighted by atomic mass is 16.5. The number of ether oxygens (including phenoxy) is 1. The van der Waals surface area contributed by atoms with Crippen molar-refractivity contribution in [3.05, 3.63) is 53.3 Å². The smallest absolute Gasteiger partial charge is 0.408 e. The summed E-state index contributed by atoms with van der Waals surface area (Å²) in [6, 6.07) is 8.91. The van der Waals surface area contributed by atoms with E-state index in [0.29, 0.717) is 25.1 Å². The molecule has 0 fully saturated rings. The number of aromatic nitrogens is 2. The lowest BCUT2D eigenvalue weighted by molar-refractivity contribution is -0.140. The number of carbonyl (C=O) groups is 4. The van der Waals surface area contributed by atoms with Crippen molar-refractivity contribution in [3.63, 3.8) is 0 Å². The second kappa shape index (κ2) is 11.3. The maximum atomic E-state index is 13.0. The Morgan fingerprint density at radius 1 is 1.21 bits per heavy atom. The van der Waals surface area contributed by atoms with Crippen LogP contribution >= 0.6 is 0 Å². The highest BCUT2D eigenvalue weighted by molar-refractivity contribution is 6.38. The zero-order chi connectivity index (χ0) is 23.8. The van der Waals surface area contributed by atoms with Gasteiger partial charge in [0.05, 0.1) is 5.69 Å². The first-order valence-corrected chi connectivity index (χ1v) is 11.0. The van der Waals surface area contributed by atoms with E-state index in [-0.39, 0.29) is 18.9 Å². The average Bonchev–Trinajstić information content (AvgIpc) is 3.24. The van der Waals surface area contributed by atoms with Crippen molar-refractivity contribution in [2.24, 2.45) is 5.92 Å². The van der Waals surface area contributed by atoms with Crippen molar-refractivity contribution in [1.82, 2.24) is 26.1 Å². The lowest BCUT2D eigenvalue weighted by Crippen LogP contribution is -2.56. The summed E-state index contributed by atoms with van der Waals surface area (Å²) < 4.78 is 5.21. The minimum absolute atomic E-state index is 0.0581. The molecule has 1 aromatic carbocycles. The first-order chi connectivity index (χ1) is 15.8. The van der Waals surface area contributed by atoms with Crippen LogP contribution < -0.4 is 16.0 Å². The van der Waals surface area contributed by atoms with Crippen LogP contribution in [0.4, 0.5) is 4.79 Å². The number of amides is 3. The number of rotatable bonds is 6. The Bertz CT molecular complexity index is 988. The number of carbonyl (C=O) groups excluding carboxylic acids is 4. The van der Waals surface area contributed by atoms with Gasteiger partial charge in [-0.15, -0.1) is 0 Å². The molecule has 2 bridgehead atoms. The Kier molecular flexibility index (Phi) is 8.17. The Labute approximate surface area is 191 Å². The molecule has 1 aliphatic heterocycles. The lowest BCUT2D eigenvalue weighted by atomic mass is 10.0. The molecule has 10 heteroatoms. The van der Waals surface area contributed by atoms with Gasteiger partial charge in [-0.25, -0.2) is 4.79 Å². The number of H-pyrrole nitrogens is 1. The van der Waals surface area contributed by atoms with Crippen molar-refractivity contribution in [2.45, 2.75) is 51.8 Å². The number of nitrogens with zero attached hydrogens (tertiary/aromatic N) is 1. The summed E-state index contributed by atoms with van der Waals surface area (Å²) in [5.74, 6) is -2.38. The third-order valence-corrected chi connectivity index (χ3v) is 5.30. The van der Waals surface area contributed by atoms with Crippen LogP contribution in [0.25, 0.3) is 0 Å². The Morgan fingerprint density at radius 2 is 1.97 bits per heavy atom. The molecule has 1 aromatic heterocycles. The molecule has 2 atom stereocenters. The molecule has 2 unspecified atom stereocenters. The number of alkyl carbamates (subject to hydrolysis) is 1. The molecule has 0 saturated carbocycles. The zero-order valence-electron chi connectivity index (χ0n) is 18.7. The summed E-state index contributed by atoms with van der Waals surface area (Å²) in [6.07, 6.45) is 0.628. The fourth-order valence-corrected chi connectivity index (χ4v) is 3.48. The molecule has 3 amide bonds. The Hall–Kier alpha value is -3.69. The van der Waals surface area contributed by atoms with E-state index in [1.54, 1.807) is 13.8 Å². The minimum Gasteiger partial charge on any atom is -0.445 e. The summed E-state index contributed by atoms with van der Waals surface area (Å²) in [4.78, 5) is 50.3. The molecular formula is C23H29N5O5. The maximum Gasteiger partial charge on any atom is 0.408 e. The summed E-state index contributed by atoms with van der Waals surface area (Å²) >= 11 is 0. The Balaban J connectivity index is 1.66. The van der Waals surface area contributed by atoms with Crippen molar-refractivity contribution >= 4 is 23.7 Å². The molecule has 33 heavy (non-hydrogen) atoms. The van der Waals surface area contributed by atoms with E-state index < -0.39 is 35.8 Å². The highest BCUT2D eigenvalue weighted by Crippen LogP contribution is 2.10. The lowest BCUT2D eigenvalue weighted by Gasteiger charge is -2.24. The second-order valence-corrected chi connectivity index (χ2v) is 8.30. The molecule has 3 rings (SSSR count). The fraction of sp³-hybridized carbons (Fsp3) is 0.435. The van der Waals surface area contributed by atoms with Gasteiger partial charge in [0.1, 0.15) is 18.7 Å². The molecule has 176 valence electrons. The number of nitrogens with one attached hydrogen (secondary N) is 4. The predicted octanol–water partition coefficient (Wildman–Crippen LogP) is 1.02. The largest absolute Gasteiger partial charge is 0.445 e. The molecule has 10 nitrogen and oxygen atoms in total. The van der Waals surface area contributed by atoms with E-state index in [1.807, 2.05) is 36.4 Å². The molecule has 2 heterocycles. The van der Waals surface area contributed by atoms with Gasteiger partial charge in [-0.2, -0.15) is 5.10 Å². The minimum atomic E-state index is -1.10. The second-order valence-electron chi connectivity index (χ2n) is 8.30. The number of aryl methyl sites for hydroxylation is 1. The SMILES string of the molecule is CC(C)C(NC(=O)OCc1ccccc1)C(=O)NC1Cc2cc(n[nH]2)CCCNC(=O)C1=O. The van der Waals surface area contributed by atoms with Crippen LogP contribution in [0.2, 0.25) is 0 Å². The van der Waals surface area contributed by atoms with E-state index in [1.165, 1.54) is 0 Å². The summed E-state index contributed by atoms with van der Waals surface area (Å²) in [5, 5.41) is 14.8. The van der Waals surface area contributed by atoms with Gasteiger partial charge in [0.2, 0.25) is 11.7 Å².